The third-order valence-electron chi connectivity index (χ3n) is 6.03. The Morgan fingerprint density at radius 1 is 0.947 bits per heavy atom. The number of carbonyl (C=O) groups is 5. The number of carboxylic acids is 2. The van der Waals surface area contributed by atoms with Crippen molar-refractivity contribution >= 4 is 40.6 Å². The summed E-state index contributed by atoms with van der Waals surface area (Å²) in [7, 11) is 1.13. The molecule has 0 spiro atoms. The van der Waals surface area contributed by atoms with Crippen molar-refractivity contribution in [2.24, 2.45) is 5.92 Å². The van der Waals surface area contributed by atoms with Crippen LogP contribution < -0.4 is 16.0 Å². The van der Waals surface area contributed by atoms with E-state index in [0.29, 0.717) is 0 Å². The highest BCUT2D eigenvalue weighted by Gasteiger charge is 2.31. The Morgan fingerprint density at radius 3 is 2.18 bits per heavy atom. The lowest BCUT2D eigenvalue weighted by Crippen LogP contribution is -2.57. The van der Waals surface area contributed by atoms with Crippen molar-refractivity contribution in [1.82, 2.24) is 20.9 Å². The number of aromatic amines is 1. The summed E-state index contributed by atoms with van der Waals surface area (Å²) in [5.41, 5.74) is 1.65. The zero-order chi connectivity index (χ0) is 28.4. The molecular formula is C26H36N4O8. The lowest BCUT2D eigenvalue weighted by Gasteiger charge is -2.26. The number of fused-ring (bicyclic) bond motifs is 1. The summed E-state index contributed by atoms with van der Waals surface area (Å²) in [6.07, 6.45) is 1.56. The molecule has 38 heavy (non-hydrogen) atoms. The SMILES string of the molecule is COC(=O)[C@H](CCC(=O)O)NC(=O)[C@H](CC(C)C)NC(=O)[C@H](Cc1c[nH]c2ccccc12)NC(C)C(=O)O. The molecule has 0 fully saturated rings. The maximum atomic E-state index is 13.4. The average molecular weight is 533 g/mol. The minimum atomic E-state index is -1.21. The second kappa shape index (κ2) is 14.1. The van der Waals surface area contributed by atoms with Gasteiger partial charge in [0.2, 0.25) is 11.8 Å². The molecule has 0 saturated heterocycles. The highest BCUT2D eigenvalue weighted by Crippen LogP contribution is 2.19. The summed E-state index contributed by atoms with van der Waals surface area (Å²) >= 11 is 0. The van der Waals surface area contributed by atoms with E-state index < -0.39 is 53.9 Å². The minimum absolute atomic E-state index is 0.0281. The summed E-state index contributed by atoms with van der Waals surface area (Å²) in [5, 5.41) is 27.3. The molecule has 2 amide bonds. The van der Waals surface area contributed by atoms with Gasteiger partial charge in [-0.15, -0.1) is 0 Å². The number of aliphatic carboxylic acids is 2. The van der Waals surface area contributed by atoms with Crippen LogP contribution in [0.25, 0.3) is 10.9 Å². The number of H-pyrrole nitrogens is 1. The fourth-order valence-electron chi connectivity index (χ4n) is 4.03. The van der Waals surface area contributed by atoms with Gasteiger partial charge in [0.25, 0.3) is 0 Å². The maximum Gasteiger partial charge on any atom is 0.328 e. The minimum Gasteiger partial charge on any atom is -0.481 e. The van der Waals surface area contributed by atoms with E-state index in [1.807, 2.05) is 38.1 Å². The number of amides is 2. The smallest absolute Gasteiger partial charge is 0.328 e. The number of carbonyl (C=O) groups excluding carboxylic acids is 3. The molecule has 1 aromatic heterocycles. The summed E-state index contributed by atoms with van der Waals surface area (Å²) in [4.78, 5) is 64.3. The van der Waals surface area contributed by atoms with Crippen molar-refractivity contribution in [2.45, 2.75) is 70.6 Å². The van der Waals surface area contributed by atoms with Gasteiger partial charge in [0, 0.05) is 23.5 Å². The van der Waals surface area contributed by atoms with Gasteiger partial charge in [-0.3, -0.25) is 24.5 Å². The molecule has 0 saturated carbocycles. The van der Waals surface area contributed by atoms with Gasteiger partial charge in [0.1, 0.15) is 18.1 Å². The zero-order valence-electron chi connectivity index (χ0n) is 21.9. The Balaban J connectivity index is 2.26. The van der Waals surface area contributed by atoms with Gasteiger partial charge in [-0.2, -0.15) is 0 Å². The number of nitrogens with one attached hydrogen (secondary N) is 4. The normalized spacial score (nSPS) is 14.3. The predicted molar refractivity (Wildman–Crippen MR) is 138 cm³/mol. The number of carboxylic acid groups (broad SMARTS) is 2. The van der Waals surface area contributed by atoms with Gasteiger partial charge in [-0.05, 0) is 43.7 Å². The molecule has 1 aromatic carbocycles. The number of rotatable bonds is 15. The van der Waals surface area contributed by atoms with Gasteiger partial charge in [-0.1, -0.05) is 32.0 Å². The topological polar surface area (TPSA) is 187 Å². The first-order valence-electron chi connectivity index (χ1n) is 12.4. The van der Waals surface area contributed by atoms with Gasteiger partial charge in [-0.25, -0.2) is 4.79 Å². The molecule has 0 bridgehead atoms. The fraction of sp³-hybridized carbons (Fsp3) is 0.500. The van der Waals surface area contributed by atoms with Crippen molar-refractivity contribution in [2.75, 3.05) is 7.11 Å². The Hall–Kier alpha value is -3.93. The highest BCUT2D eigenvalue weighted by molar-refractivity contribution is 5.93. The fourth-order valence-corrected chi connectivity index (χ4v) is 4.03. The number of para-hydroxylation sites is 1. The zero-order valence-corrected chi connectivity index (χ0v) is 21.9. The molecule has 12 nitrogen and oxygen atoms in total. The van der Waals surface area contributed by atoms with E-state index in [0.717, 1.165) is 23.6 Å². The second-order valence-corrected chi connectivity index (χ2v) is 9.55. The lowest BCUT2D eigenvalue weighted by molar-refractivity contribution is -0.146. The number of methoxy groups -OCH3 is 1. The molecule has 208 valence electrons. The Bertz CT molecular complexity index is 1150. The molecule has 4 atom stereocenters. The van der Waals surface area contributed by atoms with E-state index in [-0.39, 0.29) is 31.6 Å². The van der Waals surface area contributed by atoms with Crippen LogP contribution in [-0.2, 0) is 35.1 Å². The first-order chi connectivity index (χ1) is 17.9. The van der Waals surface area contributed by atoms with Crippen LogP contribution in [0.4, 0.5) is 0 Å². The molecule has 0 aliphatic carbocycles. The van der Waals surface area contributed by atoms with Crippen molar-refractivity contribution in [3.8, 4) is 0 Å². The van der Waals surface area contributed by atoms with Crippen LogP contribution in [0.5, 0.6) is 0 Å². The summed E-state index contributed by atoms with van der Waals surface area (Å²) in [5.74, 6) is -4.38. The average Bonchev–Trinajstić information content (AvgIpc) is 3.27. The molecule has 6 N–H and O–H groups in total. The first kappa shape index (κ1) is 30.3. The summed E-state index contributed by atoms with van der Waals surface area (Å²) in [6.45, 7) is 5.12. The molecule has 1 heterocycles. The number of hydrogen-bond donors (Lipinski definition) is 6. The molecule has 0 aliphatic rings. The molecule has 2 aromatic rings. The quantitative estimate of drug-likeness (QED) is 0.183. The van der Waals surface area contributed by atoms with Crippen molar-refractivity contribution in [1.29, 1.82) is 0 Å². The van der Waals surface area contributed by atoms with E-state index >= 15 is 0 Å². The van der Waals surface area contributed by atoms with E-state index in [9.17, 15) is 29.1 Å². The van der Waals surface area contributed by atoms with Crippen LogP contribution in [0.2, 0.25) is 0 Å². The van der Waals surface area contributed by atoms with Crippen LogP contribution in [0, 0.1) is 5.92 Å². The summed E-state index contributed by atoms with van der Waals surface area (Å²) in [6, 6.07) is 3.17. The Morgan fingerprint density at radius 2 is 1.58 bits per heavy atom. The number of ether oxygens (including phenoxy) is 1. The van der Waals surface area contributed by atoms with Gasteiger partial charge in [0.05, 0.1) is 13.2 Å². The number of hydrogen-bond acceptors (Lipinski definition) is 7. The van der Waals surface area contributed by atoms with Gasteiger partial charge < -0.3 is 30.6 Å². The molecule has 1 unspecified atom stereocenters. The van der Waals surface area contributed by atoms with E-state index in [2.05, 4.69) is 25.7 Å². The molecule has 0 aliphatic heterocycles. The van der Waals surface area contributed by atoms with Crippen molar-refractivity contribution in [3.63, 3.8) is 0 Å². The maximum absolute atomic E-state index is 13.4. The van der Waals surface area contributed by atoms with E-state index in [4.69, 9.17) is 5.11 Å². The van der Waals surface area contributed by atoms with Gasteiger partial charge >= 0.3 is 17.9 Å². The largest absolute Gasteiger partial charge is 0.481 e. The lowest BCUT2D eigenvalue weighted by atomic mass is 10.00. The predicted octanol–water partition coefficient (Wildman–Crippen LogP) is 1.20. The van der Waals surface area contributed by atoms with Crippen LogP contribution in [0.1, 0.15) is 45.6 Å². The monoisotopic (exact) mass is 532 g/mol. The number of benzene rings is 1. The molecule has 2 rings (SSSR count). The van der Waals surface area contributed by atoms with Crippen molar-refractivity contribution in [3.05, 3.63) is 36.0 Å². The van der Waals surface area contributed by atoms with Crippen LogP contribution >= 0.6 is 0 Å². The Labute approximate surface area is 220 Å². The Kier molecular flexibility index (Phi) is 11.3. The van der Waals surface area contributed by atoms with E-state index in [1.54, 1.807) is 6.20 Å². The molecule has 0 radical (unpaired) electrons. The van der Waals surface area contributed by atoms with Crippen LogP contribution in [0.15, 0.2) is 30.5 Å². The van der Waals surface area contributed by atoms with Crippen molar-refractivity contribution < 1.29 is 38.9 Å². The molecule has 12 heteroatoms. The summed E-state index contributed by atoms with van der Waals surface area (Å²) < 4.78 is 4.68. The third-order valence-corrected chi connectivity index (χ3v) is 6.03. The number of esters is 1. The molecular weight excluding hydrogens is 496 g/mol. The highest BCUT2D eigenvalue weighted by atomic mass is 16.5. The standard InChI is InChI=1S/C26H36N4O8/c1-14(2)11-20(23(33)29-19(26(37)38-4)9-10-22(31)32)30-24(34)21(28-15(3)25(35)36)12-16-13-27-18-8-6-5-7-17(16)18/h5-8,13-15,19-21,27-28H,9-12H2,1-4H3,(H,29,33)(H,30,34)(H,31,32)(H,35,36)/t15?,19-,20-,21-/m0/s1. The van der Waals surface area contributed by atoms with Crippen LogP contribution in [-0.4, -0.2) is 76.2 Å². The van der Waals surface area contributed by atoms with Crippen LogP contribution in [0.3, 0.4) is 0 Å². The van der Waals surface area contributed by atoms with E-state index in [1.165, 1.54) is 6.92 Å². The third kappa shape index (κ3) is 8.87. The first-order valence-corrected chi connectivity index (χ1v) is 12.4. The number of aromatic nitrogens is 1. The second-order valence-electron chi connectivity index (χ2n) is 9.55. The van der Waals surface area contributed by atoms with Gasteiger partial charge in [0.15, 0.2) is 0 Å².